The van der Waals surface area contributed by atoms with E-state index in [4.69, 9.17) is 0 Å². The van der Waals surface area contributed by atoms with E-state index in [1.807, 2.05) is 6.07 Å². The van der Waals surface area contributed by atoms with E-state index in [2.05, 4.69) is 31.2 Å². The maximum atomic E-state index is 13.3. The summed E-state index contributed by atoms with van der Waals surface area (Å²) in [5.74, 6) is 0.136. The van der Waals surface area contributed by atoms with Crippen LogP contribution in [0.25, 0.3) is 11.0 Å². The Morgan fingerprint density at radius 1 is 1.07 bits per heavy atom. The van der Waals surface area contributed by atoms with Crippen molar-refractivity contribution in [2.45, 2.75) is 10.1 Å². The quantitative estimate of drug-likeness (QED) is 0.309. The highest BCUT2D eigenvalue weighted by atomic mass is 79.9. The van der Waals surface area contributed by atoms with Gasteiger partial charge in [0, 0.05) is 10.7 Å². The summed E-state index contributed by atoms with van der Waals surface area (Å²) in [6.07, 6.45) is 1.58. The van der Waals surface area contributed by atoms with Gasteiger partial charge in [0.2, 0.25) is 5.91 Å². The number of amides is 1. The zero-order valence-electron chi connectivity index (χ0n) is 15.4. The lowest BCUT2D eigenvalue weighted by atomic mass is 10.3. The standard InChI is InChI=1S/C20H15BrN4O3S2/c21-14-10-11-18(22-12-14)24-19(26)13-29-20-23-16-8-4-5-9-17(16)25(20)30(27,28)15-6-2-1-3-7-15/h1-12H,13H2,(H,22,24,26)/p+1. The second-order valence-corrected chi connectivity index (χ2v) is 9.89. The number of rotatable bonds is 6. The Bertz CT molecular complexity index is 1310. The fourth-order valence-electron chi connectivity index (χ4n) is 2.83. The number of fused-ring (bicyclic) bond motifs is 1. The molecule has 152 valence electrons. The molecule has 30 heavy (non-hydrogen) atoms. The van der Waals surface area contributed by atoms with E-state index in [9.17, 15) is 13.2 Å². The number of carbonyl (C=O) groups excluding carboxylic acids is 1. The molecule has 0 atom stereocenters. The number of H-pyrrole nitrogens is 1. The summed E-state index contributed by atoms with van der Waals surface area (Å²) >= 11 is 4.40. The van der Waals surface area contributed by atoms with Gasteiger partial charge in [-0.1, -0.05) is 30.3 Å². The molecule has 0 saturated heterocycles. The fraction of sp³-hybridized carbons (Fsp3) is 0.0500. The van der Waals surface area contributed by atoms with Crippen molar-refractivity contribution in [3.63, 3.8) is 0 Å². The van der Waals surface area contributed by atoms with Gasteiger partial charge in [0.25, 0.3) is 0 Å². The Morgan fingerprint density at radius 2 is 1.80 bits per heavy atom. The van der Waals surface area contributed by atoms with E-state index >= 15 is 0 Å². The first-order valence-corrected chi connectivity index (χ1v) is 12.0. The minimum absolute atomic E-state index is 0.00881. The van der Waals surface area contributed by atoms with Gasteiger partial charge in [0.1, 0.15) is 10.7 Å². The monoisotopic (exact) mass is 503 g/mol. The summed E-state index contributed by atoms with van der Waals surface area (Å²) in [4.78, 5) is 19.8. The maximum absolute atomic E-state index is 13.3. The summed E-state index contributed by atoms with van der Waals surface area (Å²) in [7, 11) is -3.85. The molecule has 4 rings (SSSR count). The Labute approximate surface area is 185 Å². The SMILES string of the molecule is O=C(CSc1[nH]c2ccccc2[n+]1S(=O)(=O)c1ccccc1)Nc1ccc(Br)cn1. The number of hydrogen-bond donors (Lipinski definition) is 2. The molecule has 0 aliphatic rings. The average molecular weight is 504 g/mol. The highest BCUT2D eigenvalue weighted by Crippen LogP contribution is 2.21. The predicted molar refractivity (Wildman–Crippen MR) is 119 cm³/mol. The second-order valence-electron chi connectivity index (χ2n) is 6.23. The van der Waals surface area contributed by atoms with E-state index < -0.39 is 10.0 Å². The molecule has 10 heteroatoms. The Balaban J connectivity index is 1.64. The number of aromatic nitrogens is 3. The molecule has 0 radical (unpaired) electrons. The van der Waals surface area contributed by atoms with Gasteiger partial charge in [-0.3, -0.25) is 4.79 Å². The summed E-state index contributed by atoms with van der Waals surface area (Å²) in [6, 6.07) is 18.8. The van der Waals surface area contributed by atoms with Gasteiger partial charge in [-0.15, -0.1) is 3.97 Å². The highest BCUT2D eigenvalue weighted by molar-refractivity contribution is 9.10. The van der Waals surface area contributed by atoms with Crippen molar-refractivity contribution in [2.75, 3.05) is 11.1 Å². The van der Waals surface area contributed by atoms with E-state index in [0.717, 1.165) is 16.2 Å². The van der Waals surface area contributed by atoms with Crippen LogP contribution < -0.4 is 9.29 Å². The van der Waals surface area contributed by atoms with Crippen LogP contribution in [0.4, 0.5) is 5.82 Å². The summed E-state index contributed by atoms with van der Waals surface area (Å²) in [5, 5.41) is 3.04. The molecule has 2 aromatic heterocycles. The number of thioether (sulfide) groups is 1. The number of aromatic amines is 1. The molecule has 2 aromatic carbocycles. The summed E-state index contributed by atoms with van der Waals surface area (Å²) in [6.45, 7) is 0. The van der Waals surface area contributed by atoms with E-state index in [-0.39, 0.29) is 16.6 Å². The zero-order valence-corrected chi connectivity index (χ0v) is 18.7. The maximum Gasteiger partial charge on any atom is 0.336 e. The first kappa shape index (κ1) is 20.6. The zero-order chi connectivity index (χ0) is 21.1. The molecule has 0 aliphatic heterocycles. The van der Waals surface area contributed by atoms with Crippen LogP contribution in [0, 0.1) is 0 Å². The van der Waals surface area contributed by atoms with Crippen molar-refractivity contribution < 1.29 is 17.2 Å². The van der Waals surface area contributed by atoms with E-state index in [1.54, 1.807) is 66.9 Å². The second kappa shape index (κ2) is 8.58. The first-order valence-electron chi connectivity index (χ1n) is 8.83. The molecular weight excluding hydrogens is 488 g/mol. The summed E-state index contributed by atoms with van der Waals surface area (Å²) in [5.41, 5.74) is 1.17. The van der Waals surface area contributed by atoms with E-state index in [0.29, 0.717) is 22.0 Å². The van der Waals surface area contributed by atoms with Crippen LogP contribution in [0.2, 0.25) is 0 Å². The first-order chi connectivity index (χ1) is 14.4. The number of halogens is 1. The average Bonchev–Trinajstić information content (AvgIpc) is 3.14. The smallest absolute Gasteiger partial charge is 0.310 e. The fourth-order valence-corrected chi connectivity index (χ4v) is 5.64. The lowest BCUT2D eigenvalue weighted by molar-refractivity contribution is -0.526. The normalized spacial score (nSPS) is 11.5. The van der Waals surface area contributed by atoms with E-state index in [1.165, 1.54) is 3.97 Å². The molecule has 0 bridgehead atoms. The number of pyridine rings is 1. The molecule has 1 amide bonds. The third-order valence-corrected chi connectivity index (χ3v) is 7.44. The van der Waals surface area contributed by atoms with Crippen LogP contribution in [0.5, 0.6) is 0 Å². The molecular formula is C20H16BrN4O3S2+. The van der Waals surface area contributed by atoms with Gasteiger partial charge in [0.15, 0.2) is 11.0 Å². The van der Waals surface area contributed by atoms with Crippen LogP contribution in [-0.2, 0) is 14.8 Å². The van der Waals surface area contributed by atoms with Crippen LogP contribution >= 0.6 is 27.7 Å². The van der Waals surface area contributed by atoms with Gasteiger partial charge in [0.05, 0.1) is 5.75 Å². The number of nitrogens with one attached hydrogen (secondary N) is 2. The number of nitrogens with zero attached hydrogens (tertiary/aromatic N) is 2. The lowest BCUT2D eigenvalue weighted by Crippen LogP contribution is -2.44. The molecule has 4 aromatic rings. The largest absolute Gasteiger partial charge is 0.336 e. The minimum atomic E-state index is -3.85. The number of anilines is 1. The number of benzene rings is 2. The Morgan fingerprint density at radius 3 is 2.53 bits per heavy atom. The van der Waals surface area contributed by atoms with Gasteiger partial charge >= 0.3 is 15.2 Å². The highest BCUT2D eigenvalue weighted by Gasteiger charge is 2.31. The van der Waals surface area contributed by atoms with Crippen LogP contribution in [0.3, 0.4) is 0 Å². The molecule has 0 saturated carbocycles. The third-order valence-electron chi connectivity index (χ3n) is 4.17. The molecule has 0 spiro atoms. The van der Waals surface area contributed by atoms with Crippen LogP contribution in [-0.4, -0.2) is 30.0 Å². The number of carbonyl (C=O) groups is 1. The van der Waals surface area contributed by atoms with Gasteiger partial charge < -0.3 is 5.32 Å². The Kier molecular flexibility index (Phi) is 5.89. The van der Waals surface area contributed by atoms with Crippen molar-refractivity contribution in [3.8, 4) is 0 Å². The van der Waals surface area contributed by atoms with Crippen molar-refractivity contribution in [2.24, 2.45) is 0 Å². The van der Waals surface area contributed by atoms with Crippen molar-refractivity contribution in [1.82, 2.24) is 9.97 Å². The number of imidazole rings is 1. The number of para-hydroxylation sites is 2. The molecule has 7 nitrogen and oxygen atoms in total. The molecule has 2 heterocycles. The minimum Gasteiger partial charge on any atom is -0.310 e. The predicted octanol–water partition coefficient (Wildman–Crippen LogP) is 3.58. The Hall–Kier alpha value is -2.69. The van der Waals surface area contributed by atoms with Gasteiger partial charge in [-0.25, -0.2) is 9.97 Å². The molecule has 0 unspecified atom stereocenters. The van der Waals surface area contributed by atoms with Crippen LogP contribution in [0.15, 0.2) is 87.5 Å². The molecule has 0 aliphatic carbocycles. The molecule has 2 N–H and O–H groups in total. The lowest BCUT2D eigenvalue weighted by Gasteiger charge is -2.05. The van der Waals surface area contributed by atoms with Crippen molar-refractivity contribution in [1.29, 1.82) is 0 Å². The molecule has 0 fully saturated rings. The van der Waals surface area contributed by atoms with Crippen molar-refractivity contribution >= 4 is 60.5 Å². The van der Waals surface area contributed by atoms with Crippen LogP contribution in [0.1, 0.15) is 0 Å². The van der Waals surface area contributed by atoms with Gasteiger partial charge in [-0.2, -0.15) is 8.42 Å². The number of hydrogen-bond acceptors (Lipinski definition) is 5. The third kappa shape index (κ3) is 4.25. The van der Waals surface area contributed by atoms with Crippen molar-refractivity contribution in [3.05, 3.63) is 77.4 Å². The topological polar surface area (TPSA) is 95.8 Å². The van der Waals surface area contributed by atoms with Gasteiger partial charge in [-0.05, 0) is 64.1 Å². The summed E-state index contributed by atoms with van der Waals surface area (Å²) < 4.78 is 28.7.